The molecular formula is C27H27F3N6O2. The molecule has 2 aliphatic rings. The van der Waals surface area contributed by atoms with Gasteiger partial charge in [-0.25, -0.2) is 9.37 Å². The van der Waals surface area contributed by atoms with Gasteiger partial charge in [-0.05, 0) is 43.2 Å². The Morgan fingerprint density at radius 3 is 2.66 bits per heavy atom. The molecule has 4 aromatic rings. The summed E-state index contributed by atoms with van der Waals surface area (Å²) in [5.41, 5.74) is 2.05. The van der Waals surface area contributed by atoms with E-state index in [1.807, 2.05) is 0 Å². The summed E-state index contributed by atoms with van der Waals surface area (Å²) in [6, 6.07) is 9.89. The maximum Gasteiger partial charge on any atom is 0.314 e. The van der Waals surface area contributed by atoms with Gasteiger partial charge in [0.05, 0.1) is 18.2 Å². The molecule has 1 amide bonds. The number of carbonyl (C=O) groups is 1. The van der Waals surface area contributed by atoms with Crippen molar-refractivity contribution in [2.24, 2.45) is 5.92 Å². The van der Waals surface area contributed by atoms with Crippen LogP contribution in [-0.4, -0.2) is 49.5 Å². The number of hydrogen-bond acceptors (Lipinski definition) is 6. The average molecular weight is 525 g/mol. The van der Waals surface area contributed by atoms with E-state index in [1.54, 1.807) is 46.0 Å². The van der Waals surface area contributed by atoms with Crippen LogP contribution in [0.2, 0.25) is 0 Å². The van der Waals surface area contributed by atoms with E-state index in [9.17, 15) is 18.0 Å². The molecule has 0 unspecified atom stereocenters. The van der Waals surface area contributed by atoms with Crippen molar-refractivity contribution in [1.82, 2.24) is 24.5 Å². The van der Waals surface area contributed by atoms with Gasteiger partial charge in [-0.1, -0.05) is 25.3 Å². The van der Waals surface area contributed by atoms with Crippen LogP contribution >= 0.6 is 0 Å². The number of nitrogens with zero attached hydrogens (tertiary/aromatic N) is 6. The molecule has 6 rings (SSSR count). The number of anilines is 1. The first-order valence-electron chi connectivity index (χ1n) is 12.8. The summed E-state index contributed by atoms with van der Waals surface area (Å²) in [5.74, 6) is -1.39. The van der Waals surface area contributed by atoms with Crippen LogP contribution in [0.1, 0.15) is 50.1 Å². The molecule has 1 saturated carbocycles. The first-order valence-corrected chi connectivity index (χ1v) is 12.8. The second-order valence-electron chi connectivity index (χ2n) is 10.0. The highest BCUT2D eigenvalue weighted by molar-refractivity contribution is 5.95. The van der Waals surface area contributed by atoms with Crippen molar-refractivity contribution < 1.29 is 22.4 Å². The molecule has 1 aliphatic carbocycles. The van der Waals surface area contributed by atoms with Crippen LogP contribution in [0, 0.1) is 11.7 Å². The molecule has 0 N–H and O–H groups in total. The Labute approximate surface area is 217 Å². The number of rotatable bonds is 7. The van der Waals surface area contributed by atoms with Crippen molar-refractivity contribution in [3.63, 3.8) is 0 Å². The number of amides is 1. The highest BCUT2D eigenvalue weighted by Crippen LogP contribution is 2.31. The Morgan fingerprint density at radius 2 is 1.92 bits per heavy atom. The van der Waals surface area contributed by atoms with Gasteiger partial charge in [0.15, 0.2) is 0 Å². The van der Waals surface area contributed by atoms with E-state index >= 15 is 0 Å². The minimum Gasteiger partial charge on any atom is -0.415 e. The standard InChI is InChI=1S/C27H27F3N6O2/c28-19-5-4-8-22(12-19)36(27(37)18-13-35(14-18)21-6-2-1-3-7-21)16-20-15-34-10-9-17(11-23(34)31-20)25-32-33-26(38-25)24(29)30/h4-5,8-12,15,18,21,24H,1-3,6-7,13-14,16H2. The summed E-state index contributed by atoms with van der Waals surface area (Å²) in [5, 5.41) is 7.06. The van der Waals surface area contributed by atoms with Crippen LogP contribution in [0.15, 0.2) is 53.2 Å². The molecule has 38 heavy (non-hydrogen) atoms. The lowest BCUT2D eigenvalue weighted by Gasteiger charge is -2.46. The van der Waals surface area contributed by atoms with Crippen LogP contribution in [-0.2, 0) is 11.3 Å². The maximum absolute atomic E-state index is 14.1. The second-order valence-corrected chi connectivity index (χ2v) is 10.0. The van der Waals surface area contributed by atoms with Crippen molar-refractivity contribution >= 4 is 17.2 Å². The molecule has 0 atom stereocenters. The summed E-state index contributed by atoms with van der Waals surface area (Å²) in [4.78, 5) is 22.3. The quantitative estimate of drug-likeness (QED) is 0.328. The van der Waals surface area contributed by atoms with Gasteiger partial charge in [0, 0.05) is 42.8 Å². The molecule has 198 valence electrons. The van der Waals surface area contributed by atoms with Gasteiger partial charge in [-0.2, -0.15) is 8.78 Å². The minimum atomic E-state index is -2.85. The topological polar surface area (TPSA) is 79.8 Å². The molecule has 1 aromatic carbocycles. The van der Waals surface area contributed by atoms with E-state index in [-0.39, 0.29) is 24.3 Å². The van der Waals surface area contributed by atoms with Crippen molar-refractivity contribution in [3.8, 4) is 11.5 Å². The molecule has 0 bridgehead atoms. The van der Waals surface area contributed by atoms with Gasteiger partial charge in [0.25, 0.3) is 5.89 Å². The zero-order valence-corrected chi connectivity index (χ0v) is 20.6. The number of fused-ring (bicyclic) bond motifs is 1. The van der Waals surface area contributed by atoms with Gasteiger partial charge in [0.1, 0.15) is 11.5 Å². The largest absolute Gasteiger partial charge is 0.415 e. The molecule has 1 saturated heterocycles. The molecule has 2 fully saturated rings. The van der Waals surface area contributed by atoms with Crippen LogP contribution < -0.4 is 4.90 Å². The van der Waals surface area contributed by atoms with E-state index < -0.39 is 18.1 Å². The van der Waals surface area contributed by atoms with Crippen LogP contribution in [0.4, 0.5) is 18.9 Å². The molecule has 3 aromatic heterocycles. The molecule has 4 heterocycles. The van der Waals surface area contributed by atoms with E-state index in [1.165, 1.54) is 44.2 Å². The first kappa shape index (κ1) is 24.6. The van der Waals surface area contributed by atoms with Crippen molar-refractivity contribution in [3.05, 3.63) is 66.2 Å². The number of hydrogen-bond donors (Lipinski definition) is 0. The number of aromatic nitrogens is 4. The van der Waals surface area contributed by atoms with Crippen molar-refractivity contribution in [2.45, 2.75) is 51.1 Å². The Hall–Kier alpha value is -3.73. The zero-order valence-electron chi connectivity index (χ0n) is 20.6. The van der Waals surface area contributed by atoms with Gasteiger partial charge in [-0.15, -0.1) is 10.2 Å². The predicted octanol–water partition coefficient (Wildman–Crippen LogP) is 5.26. The number of benzene rings is 1. The van der Waals surface area contributed by atoms with E-state index in [0.29, 0.717) is 41.7 Å². The number of alkyl halides is 2. The third-order valence-corrected chi connectivity index (χ3v) is 7.44. The summed E-state index contributed by atoms with van der Waals surface area (Å²) >= 11 is 0. The summed E-state index contributed by atoms with van der Waals surface area (Å²) in [6.07, 6.45) is 6.77. The predicted molar refractivity (Wildman–Crippen MR) is 133 cm³/mol. The summed E-state index contributed by atoms with van der Waals surface area (Å²) in [7, 11) is 0. The van der Waals surface area contributed by atoms with Crippen LogP contribution in [0.5, 0.6) is 0 Å². The molecule has 0 radical (unpaired) electrons. The first-order chi connectivity index (χ1) is 18.4. The average Bonchev–Trinajstić information content (AvgIpc) is 3.54. The number of halogens is 3. The number of likely N-dealkylation sites (tertiary alicyclic amines) is 1. The molecule has 1 aliphatic heterocycles. The fourth-order valence-electron chi connectivity index (χ4n) is 5.42. The summed E-state index contributed by atoms with van der Waals surface area (Å²) < 4.78 is 46.6. The van der Waals surface area contributed by atoms with Gasteiger partial charge >= 0.3 is 6.43 Å². The molecule has 0 spiro atoms. The van der Waals surface area contributed by atoms with E-state index in [4.69, 9.17) is 4.42 Å². The monoisotopic (exact) mass is 524 g/mol. The maximum atomic E-state index is 14.1. The fourth-order valence-corrected chi connectivity index (χ4v) is 5.42. The number of imidazole rings is 1. The van der Waals surface area contributed by atoms with Crippen LogP contribution in [0.3, 0.4) is 0 Å². The Kier molecular flexibility index (Phi) is 6.61. The Bertz CT molecular complexity index is 1440. The Balaban J connectivity index is 1.23. The SMILES string of the molecule is O=C(C1CN(C2CCCCC2)C1)N(Cc1cn2ccc(-c3nnc(C(F)F)o3)cc2n1)c1cccc(F)c1. The lowest BCUT2D eigenvalue weighted by Crippen LogP contribution is -2.58. The summed E-state index contributed by atoms with van der Waals surface area (Å²) in [6.45, 7) is 1.60. The van der Waals surface area contributed by atoms with Gasteiger partial charge in [-0.3, -0.25) is 9.69 Å². The Morgan fingerprint density at radius 1 is 1.11 bits per heavy atom. The fraction of sp³-hybridized carbons (Fsp3) is 0.407. The lowest BCUT2D eigenvalue weighted by atomic mass is 9.88. The van der Waals surface area contributed by atoms with Gasteiger partial charge in [0.2, 0.25) is 11.8 Å². The smallest absolute Gasteiger partial charge is 0.314 e. The highest BCUT2D eigenvalue weighted by atomic mass is 19.3. The zero-order chi connectivity index (χ0) is 26.2. The minimum absolute atomic E-state index is 0.0311. The highest BCUT2D eigenvalue weighted by Gasteiger charge is 2.39. The third kappa shape index (κ3) is 4.90. The molecular weight excluding hydrogens is 497 g/mol. The van der Waals surface area contributed by atoms with Gasteiger partial charge < -0.3 is 13.7 Å². The third-order valence-electron chi connectivity index (χ3n) is 7.44. The number of carbonyl (C=O) groups excluding carboxylic acids is 1. The van der Waals surface area contributed by atoms with E-state index in [0.717, 1.165) is 0 Å². The molecule has 11 heteroatoms. The van der Waals surface area contributed by atoms with Crippen molar-refractivity contribution in [1.29, 1.82) is 0 Å². The number of pyridine rings is 1. The van der Waals surface area contributed by atoms with Crippen LogP contribution in [0.25, 0.3) is 17.1 Å². The second kappa shape index (κ2) is 10.2. The van der Waals surface area contributed by atoms with Crippen molar-refractivity contribution in [2.75, 3.05) is 18.0 Å². The normalized spacial score (nSPS) is 17.3. The van der Waals surface area contributed by atoms with E-state index in [2.05, 4.69) is 20.1 Å². The molecule has 8 nitrogen and oxygen atoms in total. The lowest BCUT2D eigenvalue weighted by molar-refractivity contribution is -0.129.